The smallest absolute Gasteiger partial charge is 0.326 e. The number of amides is 4. The normalized spacial score (nSPS) is 12.8. The molecule has 0 atom stereocenters. The van der Waals surface area contributed by atoms with Crippen LogP contribution in [-0.2, 0) is 16.1 Å². The van der Waals surface area contributed by atoms with E-state index in [0.717, 1.165) is 0 Å². The molecule has 1 heterocycles. The van der Waals surface area contributed by atoms with Crippen molar-refractivity contribution >= 4 is 34.9 Å². The zero-order valence-corrected chi connectivity index (χ0v) is 17.4. The largest absolute Gasteiger partial charge is 0.350 e. The zero-order valence-electron chi connectivity index (χ0n) is 17.4. The molecule has 7 nitrogen and oxygen atoms in total. The first kappa shape index (κ1) is 21.9. The molecule has 0 radical (unpaired) electrons. The van der Waals surface area contributed by atoms with E-state index in [2.05, 4.69) is 10.6 Å². The van der Waals surface area contributed by atoms with Gasteiger partial charge in [0.05, 0.1) is 11.4 Å². The first-order valence-corrected chi connectivity index (χ1v) is 10.2. The van der Waals surface area contributed by atoms with Gasteiger partial charge in [0.1, 0.15) is 24.7 Å². The summed E-state index contributed by atoms with van der Waals surface area (Å²) >= 11 is 0. The number of nitrogens with zero attached hydrogens (tertiary/aromatic N) is 2. The van der Waals surface area contributed by atoms with Crippen LogP contribution in [0.4, 0.5) is 30.6 Å². The Balaban J connectivity index is 1.47. The van der Waals surface area contributed by atoms with E-state index in [9.17, 15) is 23.2 Å². The lowest BCUT2D eigenvalue weighted by Gasteiger charge is -2.35. The fraction of sp³-hybridized carbons (Fsp3) is 0.125. The highest BCUT2D eigenvalue weighted by Gasteiger charge is 2.33. The van der Waals surface area contributed by atoms with Gasteiger partial charge in [0.2, 0.25) is 11.8 Å². The number of rotatable bonds is 5. The molecule has 0 bridgehead atoms. The zero-order chi connectivity index (χ0) is 23.4. The lowest BCUT2D eigenvalue weighted by Crippen LogP contribution is -2.51. The van der Waals surface area contributed by atoms with Crippen molar-refractivity contribution in [1.82, 2.24) is 5.32 Å². The summed E-state index contributed by atoms with van der Waals surface area (Å²) in [5, 5.41) is 5.31. The third kappa shape index (κ3) is 5.15. The van der Waals surface area contributed by atoms with E-state index >= 15 is 0 Å². The molecule has 0 unspecified atom stereocenters. The number of urea groups is 1. The van der Waals surface area contributed by atoms with E-state index in [-0.39, 0.29) is 19.6 Å². The van der Waals surface area contributed by atoms with Crippen LogP contribution in [-0.4, -0.2) is 30.9 Å². The number of hydrogen-bond donors (Lipinski definition) is 2. The van der Waals surface area contributed by atoms with Gasteiger partial charge in [-0.1, -0.05) is 24.3 Å². The van der Waals surface area contributed by atoms with E-state index < -0.39 is 29.5 Å². The van der Waals surface area contributed by atoms with Crippen LogP contribution in [0.1, 0.15) is 5.56 Å². The van der Waals surface area contributed by atoms with Gasteiger partial charge < -0.3 is 10.6 Å². The summed E-state index contributed by atoms with van der Waals surface area (Å²) in [5.74, 6) is -1.70. The lowest BCUT2D eigenvalue weighted by molar-refractivity contribution is -0.123. The Morgan fingerprint density at radius 2 is 1.61 bits per heavy atom. The first-order chi connectivity index (χ1) is 15.9. The molecular formula is C24H20F2N4O3. The van der Waals surface area contributed by atoms with Gasteiger partial charge in [-0.25, -0.2) is 13.6 Å². The summed E-state index contributed by atoms with van der Waals surface area (Å²) < 4.78 is 26.4. The number of carbonyl (C=O) groups excluding carboxylic acids is 3. The number of anilines is 3. The maximum Gasteiger partial charge on any atom is 0.326 e. The maximum absolute atomic E-state index is 13.3. The van der Waals surface area contributed by atoms with Gasteiger partial charge >= 0.3 is 6.03 Å². The van der Waals surface area contributed by atoms with Gasteiger partial charge in [-0.05, 0) is 54.1 Å². The number of carbonyl (C=O) groups is 3. The van der Waals surface area contributed by atoms with Crippen molar-refractivity contribution in [3.05, 3.63) is 90.0 Å². The molecule has 3 aromatic carbocycles. The summed E-state index contributed by atoms with van der Waals surface area (Å²) in [5.41, 5.74) is 1.83. The average molecular weight is 450 g/mol. The number of hydrogen-bond acceptors (Lipinski definition) is 3. The van der Waals surface area contributed by atoms with Crippen molar-refractivity contribution in [2.24, 2.45) is 0 Å². The Labute approximate surface area is 188 Å². The molecule has 0 aromatic heterocycles. The van der Waals surface area contributed by atoms with Gasteiger partial charge in [0.15, 0.2) is 0 Å². The number of benzene rings is 3. The molecule has 0 fully saturated rings. The summed E-state index contributed by atoms with van der Waals surface area (Å²) in [6.07, 6.45) is 0. The summed E-state index contributed by atoms with van der Waals surface area (Å²) in [6, 6.07) is 17.3. The lowest BCUT2D eigenvalue weighted by atomic mass is 10.1. The van der Waals surface area contributed by atoms with Gasteiger partial charge in [0.25, 0.3) is 0 Å². The molecule has 1 aliphatic rings. The molecule has 3 aromatic rings. The number of halogens is 2. The highest BCUT2D eigenvalue weighted by molar-refractivity contribution is 6.14. The van der Waals surface area contributed by atoms with Crippen LogP contribution in [0, 0.1) is 11.6 Å². The van der Waals surface area contributed by atoms with Crippen molar-refractivity contribution in [1.29, 1.82) is 0 Å². The van der Waals surface area contributed by atoms with Crippen LogP contribution in [0.5, 0.6) is 0 Å². The fourth-order valence-electron chi connectivity index (χ4n) is 3.49. The van der Waals surface area contributed by atoms with Crippen LogP contribution in [0.3, 0.4) is 0 Å². The molecule has 168 valence electrons. The second-order valence-corrected chi connectivity index (χ2v) is 7.40. The molecule has 0 saturated heterocycles. The predicted octanol–water partition coefficient (Wildman–Crippen LogP) is 3.67. The van der Waals surface area contributed by atoms with Gasteiger partial charge in [-0.15, -0.1) is 0 Å². The van der Waals surface area contributed by atoms with Crippen LogP contribution in [0.15, 0.2) is 72.8 Å². The van der Waals surface area contributed by atoms with Crippen molar-refractivity contribution < 1.29 is 23.2 Å². The molecule has 4 rings (SSSR count). The Bertz CT molecular complexity index is 1200. The van der Waals surface area contributed by atoms with Crippen LogP contribution < -0.4 is 20.4 Å². The fourth-order valence-corrected chi connectivity index (χ4v) is 3.49. The minimum absolute atomic E-state index is 0.118. The first-order valence-electron chi connectivity index (χ1n) is 10.2. The van der Waals surface area contributed by atoms with E-state index in [4.69, 9.17) is 0 Å². The summed E-state index contributed by atoms with van der Waals surface area (Å²) in [4.78, 5) is 40.7. The molecular weight excluding hydrogens is 430 g/mol. The van der Waals surface area contributed by atoms with E-state index in [1.54, 1.807) is 36.4 Å². The number of nitrogens with one attached hydrogen (secondary N) is 2. The Morgan fingerprint density at radius 3 is 2.33 bits per heavy atom. The van der Waals surface area contributed by atoms with Crippen LogP contribution in [0.25, 0.3) is 0 Å². The third-order valence-corrected chi connectivity index (χ3v) is 5.08. The van der Waals surface area contributed by atoms with Crippen molar-refractivity contribution in [3.8, 4) is 0 Å². The highest BCUT2D eigenvalue weighted by atomic mass is 19.1. The Hall–Kier alpha value is -4.27. The summed E-state index contributed by atoms with van der Waals surface area (Å²) in [7, 11) is 0. The van der Waals surface area contributed by atoms with E-state index in [1.165, 1.54) is 46.2 Å². The molecule has 33 heavy (non-hydrogen) atoms. The van der Waals surface area contributed by atoms with Gasteiger partial charge in [0, 0.05) is 12.2 Å². The highest BCUT2D eigenvalue weighted by Crippen LogP contribution is 2.33. The number of fused-ring (bicyclic) bond motifs is 1. The Kier molecular flexibility index (Phi) is 6.30. The average Bonchev–Trinajstić information content (AvgIpc) is 2.81. The van der Waals surface area contributed by atoms with Crippen molar-refractivity contribution in [2.75, 3.05) is 28.2 Å². The van der Waals surface area contributed by atoms with Crippen LogP contribution in [0.2, 0.25) is 0 Å². The predicted molar refractivity (Wildman–Crippen MR) is 120 cm³/mol. The van der Waals surface area contributed by atoms with Gasteiger partial charge in [-0.3, -0.25) is 19.4 Å². The summed E-state index contributed by atoms with van der Waals surface area (Å²) in [6.45, 7) is -0.410. The molecule has 1 aliphatic heterocycles. The van der Waals surface area contributed by atoms with Crippen LogP contribution >= 0.6 is 0 Å². The quantitative estimate of drug-likeness (QED) is 0.623. The second kappa shape index (κ2) is 9.47. The van der Waals surface area contributed by atoms with Crippen molar-refractivity contribution in [3.63, 3.8) is 0 Å². The Morgan fingerprint density at radius 1 is 0.879 bits per heavy atom. The molecule has 2 N–H and O–H groups in total. The molecule has 9 heteroatoms. The SMILES string of the molecule is O=C(CN1C(=O)CN(C(=O)Nc2ccc(F)cc2)c2ccccc21)NCc1cccc(F)c1. The third-order valence-electron chi connectivity index (χ3n) is 5.08. The monoisotopic (exact) mass is 450 g/mol. The minimum atomic E-state index is -0.558. The number of para-hydroxylation sites is 2. The topological polar surface area (TPSA) is 81.8 Å². The molecule has 0 aliphatic carbocycles. The van der Waals surface area contributed by atoms with Crippen molar-refractivity contribution in [2.45, 2.75) is 6.54 Å². The molecule has 0 spiro atoms. The second-order valence-electron chi connectivity index (χ2n) is 7.40. The standard InChI is InChI=1S/C24H20F2N4O3/c25-17-8-10-19(11-9-17)28-24(33)30-15-23(32)29(20-6-1-2-7-21(20)30)14-22(31)27-13-16-4-3-5-18(26)12-16/h1-12H,13-15H2,(H,27,31)(H,28,33). The van der Waals surface area contributed by atoms with E-state index in [1.807, 2.05) is 0 Å². The molecule has 4 amide bonds. The van der Waals surface area contributed by atoms with Gasteiger partial charge in [-0.2, -0.15) is 0 Å². The van der Waals surface area contributed by atoms with E-state index in [0.29, 0.717) is 22.6 Å². The molecule has 0 saturated carbocycles. The minimum Gasteiger partial charge on any atom is -0.350 e. The maximum atomic E-state index is 13.3.